The quantitative estimate of drug-likeness (QED) is 0.363. The number of benzene rings is 3. The fraction of sp³-hybridized carbons (Fsp3) is 0.231. The minimum atomic E-state index is -4.33. The molecule has 176 valence electrons. The van der Waals surface area contributed by atoms with Crippen molar-refractivity contribution in [2.75, 3.05) is 6.54 Å². The van der Waals surface area contributed by atoms with Crippen LogP contribution in [-0.2, 0) is 4.79 Å². The Bertz CT molecular complexity index is 1130. The van der Waals surface area contributed by atoms with Crippen molar-refractivity contribution in [3.63, 3.8) is 0 Å². The minimum Gasteiger partial charge on any atom is -0.354 e. The van der Waals surface area contributed by atoms with Crippen LogP contribution in [0.25, 0.3) is 0 Å². The molecule has 34 heavy (non-hydrogen) atoms. The molecule has 0 spiro atoms. The molecule has 4 nitrogen and oxygen atoms in total. The van der Waals surface area contributed by atoms with Gasteiger partial charge in [-0.15, -0.1) is 0 Å². The van der Waals surface area contributed by atoms with Gasteiger partial charge in [0.2, 0.25) is 5.91 Å². The molecule has 0 bridgehead atoms. The lowest BCUT2D eigenvalue weighted by atomic mass is 9.95. The van der Waals surface area contributed by atoms with Crippen LogP contribution in [0.4, 0.5) is 17.6 Å². The third kappa shape index (κ3) is 4.95. The Morgan fingerprint density at radius 1 is 0.941 bits per heavy atom. The highest BCUT2D eigenvalue weighted by molar-refractivity contribution is 6.05. The zero-order valence-electron chi connectivity index (χ0n) is 18.1. The van der Waals surface area contributed by atoms with Crippen LogP contribution in [-0.4, -0.2) is 29.4 Å². The van der Waals surface area contributed by atoms with Gasteiger partial charge in [0.1, 0.15) is 11.9 Å². The number of nitrogens with one attached hydrogen (secondary N) is 1. The number of rotatable bonds is 7. The van der Waals surface area contributed by atoms with Crippen molar-refractivity contribution in [1.82, 2.24) is 10.2 Å². The average molecular weight is 470 g/mol. The summed E-state index contributed by atoms with van der Waals surface area (Å²) in [6.07, 6.45) is -5.67. The second kappa shape index (κ2) is 9.67. The summed E-state index contributed by atoms with van der Waals surface area (Å²) < 4.78 is 51.7. The molecule has 1 aliphatic heterocycles. The smallest absolute Gasteiger partial charge is 0.354 e. The standard InChI is InChI=1S/C26H22F4N2O2/c27-19-12-13-20-21(16-19)23(24(33)31-15-7-14-26(28,29)30)32(25(20)34)22(17-8-3-1-4-9-17)18-10-5-2-6-11-18/h1-6,8-13,16,22-23H,7,14-15H2,(H,31,33). The Morgan fingerprint density at radius 2 is 1.53 bits per heavy atom. The molecule has 0 saturated carbocycles. The van der Waals surface area contributed by atoms with Crippen molar-refractivity contribution in [2.45, 2.75) is 31.1 Å². The van der Waals surface area contributed by atoms with Crippen molar-refractivity contribution in [2.24, 2.45) is 0 Å². The highest BCUT2D eigenvalue weighted by Gasteiger charge is 2.45. The third-order valence-corrected chi connectivity index (χ3v) is 5.74. The van der Waals surface area contributed by atoms with Gasteiger partial charge in [-0.3, -0.25) is 9.59 Å². The summed E-state index contributed by atoms with van der Waals surface area (Å²) in [6.45, 7) is -0.219. The summed E-state index contributed by atoms with van der Waals surface area (Å²) in [6, 6.07) is 20.0. The molecule has 1 aliphatic rings. The predicted molar refractivity (Wildman–Crippen MR) is 118 cm³/mol. The predicted octanol–water partition coefficient (Wildman–Crippen LogP) is 5.57. The van der Waals surface area contributed by atoms with Crippen molar-refractivity contribution >= 4 is 11.8 Å². The molecule has 8 heteroatoms. The molecule has 4 rings (SSSR count). The van der Waals surface area contributed by atoms with E-state index >= 15 is 0 Å². The first-order valence-corrected chi connectivity index (χ1v) is 10.8. The number of carbonyl (C=O) groups excluding carboxylic acids is 2. The van der Waals surface area contributed by atoms with Gasteiger partial charge in [0, 0.05) is 18.5 Å². The Hall–Kier alpha value is -3.68. The second-order valence-corrected chi connectivity index (χ2v) is 8.08. The Labute approximate surface area is 194 Å². The largest absolute Gasteiger partial charge is 0.389 e. The van der Waals surface area contributed by atoms with Gasteiger partial charge in [-0.2, -0.15) is 13.2 Å². The number of fused-ring (bicyclic) bond motifs is 1. The number of hydrogen-bond acceptors (Lipinski definition) is 2. The Kier molecular flexibility index (Phi) is 6.68. The van der Waals surface area contributed by atoms with E-state index in [2.05, 4.69) is 5.32 Å². The highest BCUT2D eigenvalue weighted by atomic mass is 19.4. The lowest BCUT2D eigenvalue weighted by Gasteiger charge is -2.33. The van der Waals surface area contributed by atoms with Crippen molar-refractivity contribution in [3.8, 4) is 0 Å². The first-order valence-electron chi connectivity index (χ1n) is 10.8. The van der Waals surface area contributed by atoms with Crippen LogP contribution >= 0.6 is 0 Å². The number of carbonyl (C=O) groups is 2. The average Bonchev–Trinajstić information content (AvgIpc) is 3.09. The van der Waals surface area contributed by atoms with Crippen LogP contribution in [0.5, 0.6) is 0 Å². The maximum Gasteiger partial charge on any atom is 0.389 e. The van der Waals surface area contributed by atoms with Crippen LogP contribution in [0.1, 0.15) is 52.0 Å². The topological polar surface area (TPSA) is 49.4 Å². The maximum absolute atomic E-state index is 14.2. The molecule has 1 heterocycles. The third-order valence-electron chi connectivity index (χ3n) is 5.74. The summed E-state index contributed by atoms with van der Waals surface area (Å²) in [5.41, 5.74) is 1.86. The molecule has 0 radical (unpaired) electrons. The van der Waals surface area contributed by atoms with Gasteiger partial charge in [-0.05, 0) is 41.3 Å². The fourth-order valence-electron chi connectivity index (χ4n) is 4.28. The van der Waals surface area contributed by atoms with Gasteiger partial charge in [-0.1, -0.05) is 60.7 Å². The normalized spacial score (nSPS) is 15.5. The molecule has 2 amide bonds. The minimum absolute atomic E-state index is 0.189. The Morgan fingerprint density at radius 3 is 2.09 bits per heavy atom. The van der Waals surface area contributed by atoms with Gasteiger partial charge >= 0.3 is 6.18 Å². The number of alkyl halides is 3. The van der Waals surface area contributed by atoms with Crippen molar-refractivity contribution in [1.29, 1.82) is 0 Å². The van der Waals surface area contributed by atoms with E-state index in [1.165, 1.54) is 11.0 Å². The monoisotopic (exact) mass is 470 g/mol. The Balaban J connectivity index is 1.74. The molecule has 3 aromatic carbocycles. The summed E-state index contributed by atoms with van der Waals surface area (Å²) in [5.74, 6) is -1.72. The van der Waals surface area contributed by atoms with Gasteiger partial charge in [0.05, 0.1) is 6.04 Å². The van der Waals surface area contributed by atoms with E-state index in [0.717, 1.165) is 23.3 Å². The van der Waals surface area contributed by atoms with Crippen LogP contribution in [0.3, 0.4) is 0 Å². The number of halogens is 4. The first kappa shape index (κ1) is 23.5. The number of nitrogens with zero attached hydrogens (tertiary/aromatic N) is 1. The lowest BCUT2D eigenvalue weighted by Crippen LogP contribution is -2.42. The molecule has 1 unspecified atom stereocenters. The van der Waals surface area contributed by atoms with Gasteiger partial charge in [-0.25, -0.2) is 4.39 Å². The van der Waals surface area contributed by atoms with Gasteiger partial charge < -0.3 is 10.2 Å². The van der Waals surface area contributed by atoms with E-state index in [-0.39, 0.29) is 24.1 Å². The molecule has 3 aromatic rings. The van der Waals surface area contributed by atoms with Gasteiger partial charge in [0.15, 0.2) is 0 Å². The maximum atomic E-state index is 14.2. The summed E-state index contributed by atoms with van der Waals surface area (Å²) in [4.78, 5) is 28.2. The van der Waals surface area contributed by atoms with E-state index in [1.807, 2.05) is 60.7 Å². The van der Waals surface area contributed by atoms with E-state index in [0.29, 0.717) is 0 Å². The second-order valence-electron chi connectivity index (χ2n) is 8.08. The van der Waals surface area contributed by atoms with Crippen molar-refractivity contribution < 1.29 is 27.2 Å². The molecular formula is C26H22F4N2O2. The summed E-state index contributed by atoms with van der Waals surface area (Å²) in [5, 5.41) is 2.51. The zero-order chi connectivity index (χ0) is 24.3. The molecule has 1 atom stereocenters. The molecule has 0 aromatic heterocycles. The van der Waals surface area contributed by atoms with E-state index in [1.54, 1.807) is 0 Å². The fourth-order valence-corrected chi connectivity index (χ4v) is 4.28. The molecule has 0 saturated heterocycles. The van der Waals surface area contributed by atoms with Crippen LogP contribution in [0.2, 0.25) is 0 Å². The molecule has 0 aliphatic carbocycles. The van der Waals surface area contributed by atoms with E-state index < -0.39 is 42.3 Å². The van der Waals surface area contributed by atoms with Crippen LogP contribution in [0.15, 0.2) is 78.9 Å². The lowest BCUT2D eigenvalue weighted by molar-refractivity contribution is -0.136. The van der Waals surface area contributed by atoms with Gasteiger partial charge in [0.25, 0.3) is 5.91 Å². The first-order chi connectivity index (χ1) is 16.3. The summed E-state index contributed by atoms with van der Waals surface area (Å²) in [7, 11) is 0. The highest BCUT2D eigenvalue weighted by Crippen LogP contribution is 2.43. The zero-order valence-corrected chi connectivity index (χ0v) is 18.1. The molecule has 1 N–H and O–H groups in total. The SMILES string of the molecule is O=C(NCCCC(F)(F)F)C1c2cc(F)ccc2C(=O)N1C(c1ccccc1)c1ccccc1. The number of amides is 2. The number of hydrogen-bond donors (Lipinski definition) is 1. The summed E-state index contributed by atoms with van der Waals surface area (Å²) >= 11 is 0. The van der Waals surface area contributed by atoms with E-state index in [9.17, 15) is 27.2 Å². The van der Waals surface area contributed by atoms with Crippen LogP contribution in [0, 0.1) is 5.82 Å². The van der Waals surface area contributed by atoms with E-state index in [4.69, 9.17) is 0 Å². The molecular weight excluding hydrogens is 448 g/mol. The molecule has 0 fully saturated rings. The van der Waals surface area contributed by atoms with Crippen molar-refractivity contribution in [3.05, 3.63) is 107 Å². The van der Waals surface area contributed by atoms with Crippen LogP contribution < -0.4 is 5.32 Å².